The zero-order valence-electron chi connectivity index (χ0n) is 14.5. The predicted octanol–water partition coefficient (Wildman–Crippen LogP) is 5.60. The van der Waals surface area contributed by atoms with Crippen LogP contribution in [0.5, 0.6) is 11.5 Å². The van der Waals surface area contributed by atoms with Crippen LogP contribution in [0, 0.1) is 11.5 Å². The second kappa shape index (κ2) is 8.98. The first-order valence-corrected chi connectivity index (χ1v) is 8.70. The Balaban J connectivity index is 2.51. The zero-order chi connectivity index (χ0) is 17.4. The molecule has 0 saturated carbocycles. The first-order valence-electron chi connectivity index (χ1n) is 8.70. The fourth-order valence-electron chi connectivity index (χ4n) is 2.86. The van der Waals surface area contributed by atoms with E-state index in [9.17, 15) is 5.11 Å². The number of benzene rings is 2. The zero-order valence-corrected chi connectivity index (χ0v) is 14.5. The molecule has 0 bridgehead atoms. The van der Waals surface area contributed by atoms with Gasteiger partial charge in [0.25, 0.3) is 6.26 Å². The van der Waals surface area contributed by atoms with E-state index in [0.717, 1.165) is 49.7 Å². The van der Waals surface area contributed by atoms with E-state index in [-0.39, 0.29) is 5.75 Å². The first-order chi connectivity index (χ1) is 11.7. The van der Waals surface area contributed by atoms with Crippen molar-refractivity contribution in [1.82, 2.24) is 0 Å². The third-order valence-corrected chi connectivity index (χ3v) is 4.20. The number of phenolic OH excluding ortho intramolecular Hbond substituents is 1. The van der Waals surface area contributed by atoms with Gasteiger partial charge in [-0.25, -0.2) is 0 Å². The molecule has 0 unspecified atom stereocenters. The highest BCUT2D eigenvalue weighted by Gasteiger charge is 2.13. The van der Waals surface area contributed by atoms with Crippen LogP contribution in [0.3, 0.4) is 0 Å². The molecule has 0 atom stereocenters. The van der Waals surface area contributed by atoms with Gasteiger partial charge in [0.05, 0.1) is 0 Å². The highest BCUT2D eigenvalue weighted by atomic mass is 16.5. The van der Waals surface area contributed by atoms with E-state index in [1.807, 2.05) is 18.2 Å². The molecule has 1 N–H and O–H groups in total. The number of nitriles is 1. The van der Waals surface area contributed by atoms with Crippen LogP contribution < -0.4 is 4.74 Å². The monoisotopic (exact) mass is 323 g/mol. The highest BCUT2D eigenvalue weighted by molar-refractivity contribution is 5.75. The molecule has 0 saturated heterocycles. The van der Waals surface area contributed by atoms with Crippen LogP contribution in [-0.2, 0) is 12.8 Å². The van der Waals surface area contributed by atoms with Crippen molar-refractivity contribution in [2.75, 3.05) is 0 Å². The standard InChI is InChI=1S/C21H25NO2/c1-3-5-7-16-9-12-21(24-15-22)20(13-16)19-14-18(23)11-10-17(19)8-6-4-2/h9-14,23H,3-8H2,1-2H3. The van der Waals surface area contributed by atoms with E-state index in [2.05, 4.69) is 19.9 Å². The third-order valence-electron chi connectivity index (χ3n) is 4.20. The molecule has 0 fully saturated rings. The SMILES string of the molecule is CCCCc1ccc(OC#N)c(-c2cc(O)ccc2CCCC)c1. The molecule has 3 nitrogen and oxygen atoms in total. The molecule has 0 heterocycles. The average molecular weight is 323 g/mol. The van der Waals surface area contributed by atoms with Gasteiger partial charge < -0.3 is 9.84 Å². The minimum absolute atomic E-state index is 0.229. The lowest BCUT2D eigenvalue weighted by Gasteiger charge is -2.14. The lowest BCUT2D eigenvalue weighted by Crippen LogP contribution is -1.95. The molecule has 2 rings (SSSR count). The van der Waals surface area contributed by atoms with Crippen molar-refractivity contribution < 1.29 is 9.84 Å². The maximum Gasteiger partial charge on any atom is 0.292 e. The number of hydrogen-bond acceptors (Lipinski definition) is 3. The summed E-state index contributed by atoms with van der Waals surface area (Å²) in [6.07, 6.45) is 8.17. The van der Waals surface area contributed by atoms with Gasteiger partial charge in [0.1, 0.15) is 11.5 Å². The van der Waals surface area contributed by atoms with Gasteiger partial charge in [0.15, 0.2) is 0 Å². The fourth-order valence-corrected chi connectivity index (χ4v) is 2.86. The van der Waals surface area contributed by atoms with E-state index in [1.54, 1.807) is 18.4 Å². The van der Waals surface area contributed by atoms with Gasteiger partial charge in [-0.05, 0) is 66.6 Å². The molecule has 0 aliphatic heterocycles. The summed E-state index contributed by atoms with van der Waals surface area (Å²) in [5, 5.41) is 18.9. The van der Waals surface area contributed by atoms with Crippen molar-refractivity contribution in [1.29, 1.82) is 5.26 Å². The summed E-state index contributed by atoms with van der Waals surface area (Å²) >= 11 is 0. The van der Waals surface area contributed by atoms with Crippen LogP contribution >= 0.6 is 0 Å². The van der Waals surface area contributed by atoms with Crippen LogP contribution in [-0.4, -0.2) is 5.11 Å². The summed E-state index contributed by atoms with van der Waals surface area (Å²) in [5.41, 5.74) is 4.23. The van der Waals surface area contributed by atoms with Crippen molar-refractivity contribution in [3.63, 3.8) is 0 Å². The van der Waals surface area contributed by atoms with E-state index in [0.29, 0.717) is 5.75 Å². The molecule has 2 aromatic carbocycles. The van der Waals surface area contributed by atoms with Gasteiger partial charge in [0, 0.05) is 5.56 Å². The van der Waals surface area contributed by atoms with Crippen molar-refractivity contribution in [2.45, 2.75) is 52.4 Å². The number of phenols is 1. The number of nitrogens with zero attached hydrogens (tertiary/aromatic N) is 1. The average Bonchev–Trinajstić information content (AvgIpc) is 2.60. The minimum Gasteiger partial charge on any atom is -0.508 e. The Hall–Kier alpha value is -2.47. The van der Waals surface area contributed by atoms with Crippen molar-refractivity contribution in [3.8, 4) is 28.9 Å². The second-order valence-electron chi connectivity index (χ2n) is 6.07. The number of rotatable bonds is 8. The largest absolute Gasteiger partial charge is 0.508 e. The number of aryl methyl sites for hydroxylation is 2. The van der Waals surface area contributed by atoms with Crippen molar-refractivity contribution >= 4 is 0 Å². The molecule has 0 spiro atoms. The fraction of sp³-hybridized carbons (Fsp3) is 0.381. The molecule has 3 heteroatoms. The summed E-state index contributed by atoms with van der Waals surface area (Å²) in [5.74, 6) is 0.771. The molecular weight excluding hydrogens is 298 g/mol. The molecule has 0 aliphatic carbocycles. The van der Waals surface area contributed by atoms with Gasteiger partial charge >= 0.3 is 0 Å². The summed E-state index contributed by atoms with van der Waals surface area (Å²) in [7, 11) is 0. The third kappa shape index (κ3) is 4.52. The van der Waals surface area contributed by atoms with Crippen LogP contribution in [0.15, 0.2) is 36.4 Å². The minimum atomic E-state index is 0.229. The lowest BCUT2D eigenvalue weighted by atomic mass is 9.93. The number of hydrogen-bond donors (Lipinski definition) is 1. The number of unbranched alkanes of at least 4 members (excludes halogenated alkanes) is 2. The summed E-state index contributed by atoms with van der Waals surface area (Å²) in [4.78, 5) is 0. The first kappa shape index (κ1) is 17.9. The van der Waals surface area contributed by atoms with E-state index in [1.165, 1.54) is 11.1 Å². The lowest BCUT2D eigenvalue weighted by molar-refractivity contribution is 0.475. The molecule has 0 amide bonds. The van der Waals surface area contributed by atoms with Gasteiger partial charge in [-0.2, -0.15) is 0 Å². The Bertz CT molecular complexity index is 716. The van der Waals surface area contributed by atoms with Crippen molar-refractivity contribution in [3.05, 3.63) is 47.5 Å². The van der Waals surface area contributed by atoms with E-state index >= 15 is 0 Å². The summed E-state index contributed by atoms with van der Waals surface area (Å²) < 4.78 is 5.17. The van der Waals surface area contributed by atoms with Crippen LogP contribution in [0.25, 0.3) is 11.1 Å². The van der Waals surface area contributed by atoms with Crippen LogP contribution in [0.2, 0.25) is 0 Å². The summed E-state index contributed by atoms with van der Waals surface area (Å²) in [6, 6.07) is 11.4. The Kier molecular flexibility index (Phi) is 6.69. The van der Waals surface area contributed by atoms with E-state index in [4.69, 9.17) is 10.00 Å². The highest BCUT2D eigenvalue weighted by Crippen LogP contribution is 2.36. The molecule has 0 aliphatic rings. The van der Waals surface area contributed by atoms with Crippen molar-refractivity contribution in [2.24, 2.45) is 0 Å². The number of aromatic hydroxyl groups is 1. The van der Waals surface area contributed by atoms with Crippen LogP contribution in [0.4, 0.5) is 0 Å². The number of ether oxygens (including phenoxy) is 1. The molecule has 0 radical (unpaired) electrons. The molecule has 0 aromatic heterocycles. The van der Waals surface area contributed by atoms with Crippen LogP contribution in [0.1, 0.15) is 50.7 Å². The topological polar surface area (TPSA) is 53.2 Å². The molecule has 2 aromatic rings. The normalized spacial score (nSPS) is 10.4. The second-order valence-corrected chi connectivity index (χ2v) is 6.07. The Morgan fingerprint density at radius 1 is 0.958 bits per heavy atom. The quantitative estimate of drug-likeness (QED) is 0.643. The van der Waals surface area contributed by atoms with Gasteiger partial charge in [-0.15, -0.1) is 5.26 Å². The van der Waals surface area contributed by atoms with Gasteiger partial charge in [0.2, 0.25) is 0 Å². The van der Waals surface area contributed by atoms with E-state index < -0.39 is 0 Å². The van der Waals surface area contributed by atoms with Gasteiger partial charge in [-0.3, -0.25) is 0 Å². The predicted molar refractivity (Wildman–Crippen MR) is 97.0 cm³/mol. The Labute approximate surface area is 144 Å². The molecular formula is C21H25NO2. The Morgan fingerprint density at radius 3 is 2.42 bits per heavy atom. The summed E-state index contributed by atoms with van der Waals surface area (Å²) in [6.45, 7) is 4.34. The molecule has 126 valence electrons. The van der Waals surface area contributed by atoms with Gasteiger partial charge in [-0.1, -0.05) is 38.8 Å². The smallest absolute Gasteiger partial charge is 0.292 e. The Morgan fingerprint density at radius 2 is 1.71 bits per heavy atom. The maximum absolute atomic E-state index is 9.95. The maximum atomic E-state index is 9.95. The molecule has 24 heavy (non-hydrogen) atoms.